The Kier molecular flexibility index (Phi) is 5.02. The van der Waals surface area contributed by atoms with E-state index >= 15 is 0 Å². The summed E-state index contributed by atoms with van der Waals surface area (Å²) in [5.41, 5.74) is 3.43. The maximum atomic E-state index is 6.34. The van der Waals surface area contributed by atoms with Gasteiger partial charge in [0.25, 0.3) is 0 Å². The van der Waals surface area contributed by atoms with Crippen molar-refractivity contribution in [1.29, 1.82) is 0 Å². The number of ether oxygens (including phenoxy) is 1. The van der Waals surface area contributed by atoms with Crippen molar-refractivity contribution in [2.45, 2.75) is 0 Å². The SMILES string of the molecule is CN1C=CN(c2cccc(Oc3ccc4c(c3)N(c3ccccn3)c3ccccc3[Se]4)c2)C1. The Hall–Kier alpha value is -3.73. The van der Waals surface area contributed by atoms with E-state index in [1.54, 1.807) is 0 Å². The molecule has 33 heavy (non-hydrogen) atoms. The quantitative estimate of drug-likeness (QED) is 0.342. The van der Waals surface area contributed by atoms with E-state index in [0.29, 0.717) is 0 Å². The molecule has 4 aromatic rings. The summed E-state index contributed by atoms with van der Waals surface area (Å²) in [4.78, 5) is 11.2. The van der Waals surface area contributed by atoms with Crippen LogP contribution in [0.4, 0.5) is 22.9 Å². The molecule has 0 saturated heterocycles. The standard InChI is InChI=1S/C27H22N4OSe/c1-29-15-16-30(19-29)20-7-6-8-21(17-20)32-22-12-13-26-24(18-22)31(27-11-4-5-14-28-27)23-9-2-3-10-25(23)33-26/h2-18H,19H2,1H3. The van der Waals surface area contributed by atoms with Crippen molar-refractivity contribution >= 4 is 46.8 Å². The Balaban J connectivity index is 1.35. The van der Waals surface area contributed by atoms with E-state index in [9.17, 15) is 0 Å². The zero-order valence-corrected chi connectivity index (χ0v) is 19.8. The molecule has 2 aliphatic heterocycles. The van der Waals surface area contributed by atoms with Crippen molar-refractivity contribution in [3.05, 3.63) is 104 Å². The first-order valence-electron chi connectivity index (χ1n) is 10.8. The zero-order valence-electron chi connectivity index (χ0n) is 18.1. The minimum atomic E-state index is 0.226. The summed E-state index contributed by atoms with van der Waals surface area (Å²) in [5.74, 6) is 2.54. The van der Waals surface area contributed by atoms with Gasteiger partial charge in [0.2, 0.25) is 0 Å². The Morgan fingerprint density at radius 2 is 1.64 bits per heavy atom. The molecule has 1 aromatic heterocycles. The third-order valence-corrected chi connectivity index (χ3v) is 8.01. The van der Waals surface area contributed by atoms with Gasteiger partial charge in [0, 0.05) is 0 Å². The molecule has 0 amide bonds. The predicted octanol–water partition coefficient (Wildman–Crippen LogP) is 4.49. The average Bonchev–Trinajstić information content (AvgIpc) is 3.30. The molecule has 0 aliphatic carbocycles. The van der Waals surface area contributed by atoms with Crippen LogP contribution in [-0.4, -0.2) is 38.6 Å². The molecule has 0 saturated carbocycles. The molecule has 5 nitrogen and oxygen atoms in total. The summed E-state index contributed by atoms with van der Waals surface area (Å²) in [6, 6.07) is 29.2. The summed E-state index contributed by atoms with van der Waals surface area (Å²) in [6.45, 7) is 0.836. The van der Waals surface area contributed by atoms with Gasteiger partial charge in [-0.1, -0.05) is 0 Å². The molecule has 2 aliphatic rings. The van der Waals surface area contributed by atoms with Gasteiger partial charge in [-0.05, 0) is 0 Å². The number of anilines is 4. The van der Waals surface area contributed by atoms with Gasteiger partial charge < -0.3 is 0 Å². The van der Waals surface area contributed by atoms with Crippen molar-refractivity contribution in [2.75, 3.05) is 23.5 Å². The van der Waals surface area contributed by atoms with Crippen LogP contribution in [0.1, 0.15) is 0 Å². The van der Waals surface area contributed by atoms with Crippen LogP contribution in [0.15, 0.2) is 104 Å². The number of para-hydroxylation sites is 1. The third-order valence-electron chi connectivity index (χ3n) is 5.64. The monoisotopic (exact) mass is 498 g/mol. The molecule has 3 aromatic carbocycles. The number of nitrogens with zero attached hydrogens (tertiary/aromatic N) is 4. The van der Waals surface area contributed by atoms with Gasteiger partial charge in [0.05, 0.1) is 0 Å². The number of hydrogen-bond acceptors (Lipinski definition) is 5. The Morgan fingerprint density at radius 1 is 0.788 bits per heavy atom. The molecule has 0 fully saturated rings. The number of benzene rings is 3. The van der Waals surface area contributed by atoms with Gasteiger partial charge in [-0.2, -0.15) is 0 Å². The van der Waals surface area contributed by atoms with E-state index in [2.05, 4.69) is 99.8 Å². The number of rotatable bonds is 4. The van der Waals surface area contributed by atoms with E-state index in [0.717, 1.165) is 35.4 Å². The van der Waals surface area contributed by atoms with E-state index in [1.165, 1.54) is 14.6 Å². The van der Waals surface area contributed by atoms with Crippen molar-refractivity contribution in [2.24, 2.45) is 0 Å². The fraction of sp³-hybridized carbons (Fsp3) is 0.0741. The number of fused-ring (bicyclic) bond motifs is 2. The van der Waals surface area contributed by atoms with Gasteiger partial charge in [-0.15, -0.1) is 0 Å². The second-order valence-corrected chi connectivity index (χ2v) is 10.3. The fourth-order valence-electron chi connectivity index (χ4n) is 4.09. The van der Waals surface area contributed by atoms with Crippen molar-refractivity contribution in [3.8, 4) is 11.5 Å². The van der Waals surface area contributed by atoms with E-state index < -0.39 is 0 Å². The van der Waals surface area contributed by atoms with Gasteiger partial charge in [0.1, 0.15) is 0 Å². The molecule has 0 spiro atoms. The van der Waals surface area contributed by atoms with E-state index in [-0.39, 0.29) is 15.0 Å². The normalized spacial score (nSPS) is 14.3. The van der Waals surface area contributed by atoms with E-state index in [4.69, 9.17) is 4.74 Å². The van der Waals surface area contributed by atoms with Crippen molar-refractivity contribution < 1.29 is 4.74 Å². The van der Waals surface area contributed by atoms with Crippen LogP contribution >= 0.6 is 0 Å². The summed E-state index contributed by atoms with van der Waals surface area (Å²) >= 11 is 0.226. The Labute approximate surface area is 199 Å². The molecule has 6 rings (SSSR count). The minimum absolute atomic E-state index is 0.226. The summed E-state index contributed by atoms with van der Waals surface area (Å²) in [5, 5.41) is 0. The van der Waals surface area contributed by atoms with Crippen LogP contribution in [0.25, 0.3) is 0 Å². The predicted molar refractivity (Wildman–Crippen MR) is 135 cm³/mol. The van der Waals surface area contributed by atoms with Crippen LogP contribution in [0.5, 0.6) is 11.5 Å². The molecular weight excluding hydrogens is 475 g/mol. The number of aromatic nitrogens is 1. The van der Waals surface area contributed by atoms with Crippen LogP contribution in [0, 0.1) is 0 Å². The van der Waals surface area contributed by atoms with Crippen LogP contribution in [0.3, 0.4) is 0 Å². The average molecular weight is 497 g/mol. The third kappa shape index (κ3) is 3.84. The molecule has 0 radical (unpaired) electrons. The van der Waals surface area contributed by atoms with Gasteiger partial charge in [-0.3, -0.25) is 0 Å². The van der Waals surface area contributed by atoms with Gasteiger partial charge in [-0.25, -0.2) is 0 Å². The second kappa shape index (κ2) is 8.32. The van der Waals surface area contributed by atoms with Gasteiger partial charge in [0.15, 0.2) is 0 Å². The van der Waals surface area contributed by atoms with Crippen molar-refractivity contribution in [3.63, 3.8) is 0 Å². The van der Waals surface area contributed by atoms with Gasteiger partial charge >= 0.3 is 200 Å². The maximum absolute atomic E-state index is 6.34. The first kappa shape index (κ1) is 19.9. The summed E-state index contributed by atoms with van der Waals surface area (Å²) < 4.78 is 9.01. The zero-order chi connectivity index (χ0) is 22.2. The number of hydrogen-bond donors (Lipinski definition) is 0. The molecule has 162 valence electrons. The molecule has 0 unspecified atom stereocenters. The first-order chi connectivity index (χ1) is 16.2. The molecule has 0 atom stereocenters. The van der Waals surface area contributed by atoms with Crippen LogP contribution < -0.4 is 23.5 Å². The van der Waals surface area contributed by atoms with Crippen LogP contribution in [0.2, 0.25) is 0 Å². The topological polar surface area (TPSA) is 31.8 Å². The Bertz CT molecular complexity index is 1340. The number of pyridine rings is 1. The summed E-state index contributed by atoms with van der Waals surface area (Å²) in [6.07, 6.45) is 6.00. The molecule has 3 heterocycles. The van der Waals surface area contributed by atoms with Crippen molar-refractivity contribution in [1.82, 2.24) is 9.88 Å². The summed E-state index contributed by atoms with van der Waals surface area (Å²) in [7, 11) is 2.07. The molecular formula is C27H22N4OSe. The first-order valence-corrected chi connectivity index (χ1v) is 12.5. The van der Waals surface area contributed by atoms with Crippen LogP contribution in [-0.2, 0) is 0 Å². The molecule has 0 bridgehead atoms. The Morgan fingerprint density at radius 3 is 2.48 bits per heavy atom. The molecule has 6 heteroatoms. The van der Waals surface area contributed by atoms with E-state index in [1.807, 2.05) is 30.5 Å². The second-order valence-electron chi connectivity index (χ2n) is 7.99. The fourth-order valence-corrected chi connectivity index (χ4v) is 6.27. The molecule has 0 N–H and O–H groups in total.